The molecule has 1 N–H and O–H groups in total. The van der Waals surface area contributed by atoms with E-state index in [0.29, 0.717) is 18.4 Å². The Hall–Kier alpha value is -0.340. The molecule has 0 radical (unpaired) electrons. The van der Waals surface area contributed by atoms with Crippen molar-refractivity contribution in [3.63, 3.8) is 0 Å². The molecular weight excluding hydrogens is 204 g/mol. The van der Waals surface area contributed by atoms with E-state index in [1.165, 1.54) is 9.75 Å². The third-order valence-electron chi connectivity index (χ3n) is 2.62. The van der Waals surface area contributed by atoms with Crippen molar-refractivity contribution in [2.24, 2.45) is 11.8 Å². The van der Waals surface area contributed by atoms with Crippen LogP contribution in [-0.2, 0) is 12.8 Å². The van der Waals surface area contributed by atoms with E-state index in [2.05, 4.69) is 32.9 Å². The second kappa shape index (κ2) is 6.29. The van der Waals surface area contributed by atoms with Gasteiger partial charge < -0.3 is 5.11 Å². The molecule has 0 aliphatic carbocycles. The van der Waals surface area contributed by atoms with Gasteiger partial charge in [0.1, 0.15) is 0 Å². The van der Waals surface area contributed by atoms with Crippen molar-refractivity contribution >= 4 is 11.3 Å². The van der Waals surface area contributed by atoms with Crippen molar-refractivity contribution in [1.29, 1.82) is 0 Å². The van der Waals surface area contributed by atoms with E-state index in [9.17, 15) is 5.11 Å². The third-order valence-corrected chi connectivity index (χ3v) is 3.87. The lowest BCUT2D eigenvalue weighted by Gasteiger charge is -2.15. The molecule has 0 fully saturated rings. The largest absolute Gasteiger partial charge is 0.396 e. The Kier molecular flexibility index (Phi) is 5.34. The maximum absolute atomic E-state index is 9.30. The summed E-state index contributed by atoms with van der Waals surface area (Å²) in [6.45, 7) is 6.94. The number of thiophene rings is 1. The third kappa shape index (κ3) is 4.35. The maximum atomic E-state index is 9.30. The van der Waals surface area contributed by atoms with E-state index in [0.717, 1.165) is 19.3 Å². The topological polar surface area (TPSA) is 20.2 Å². The maximum Gasteiger partial charge on any atom is 0.0462 e. The minimum Gasteiger partial charge on any atom is -0.396 e. The number of hydrogen-bond donors (Lipinski definition) is 1. The highest BCUT2D eigenvalue weighted by molar-refractivity contribution is 7.11. The highest BCUT2D eigenvalue weighted by atomic mass is 32.1. The number of aliphatic hydroxyl groups is 1. The molecule has 1 heterocycles. The van der Waals surface area contributed by atoms with Gasteiger partial charge in [0.25, 0.3) is 0 Å². The standard InChI is InChI=1S/C13H22OS/c1-4-12-5-6-13(15-12)8-11(9-14)7-10(2)3/h5-6,10-11,14H,4,7-9H2,1-3H3. The van der Waals surface area contributed by atoms with Gasteiger partial charge in [0.2, 0.25) is 0 Å². The molecule has 0 aliphatic rings. The summed E-state index contributed by atoms with van der Waals surface area (Å²) >= 11 is 1.89. The molecular formula is C13H22OS. The molecule has 1 rings (SSSR count). The first-order valence-electron chi connectivity index (χ1n) is 5.84. The molecule has 1 aromatic rings. The summed E-state index contributed by atoms with van der Waals surface area (Å²) in [4.78, 5) is 2.87. The molecule has 86 valence electrons. The number of aryl methyl sites for hydroxylation is 1. The molecule has 1 atom stereocenters. The van der Waals surface area contributed by atoms with Crippen LogP contribution in [0.5, 0.6) is 0 Å². The fourth-order valence-corrected chi connectivity index (χ4v) is 2.97. The summed E-state index contributed by atoms with van der Waals surface area (Å²) in [5.74, 6) is 1.11. The summed E-state index contributed by atoms with van der Waals surface area (Å²) in [5, 5.41) is 9.30. The lowest BCUT2D eigenvalue weighted by molar-refractivity contribution is 0.206. The molecule has 0 saturated carbocycles. The van der Waals surface area contributed by atoms with Crippen LogP contribution >= 0.6 is 11.3 Å². The van der Waals surface area contributed by atoms with Gasteiger partial charge in [-0.05, 0) is 43.2 Å². The van der Waals surface area contributed by atoms with Gasteiger partial charge >= 0.3 is 0 Å². The first-order valence-corrected chi connectivity index (χ1v) is 6.65. The summed E-state index contributed by atoms with van der Waals surface area (Å²) in [5.41, 5.74) is 0. The van der Waals surface area contributed by atoms with Crippen molar-refractivity contribution < 1.29 is 5.11 Å². The van der Waals surface area contributed by atoms with Crippen molar-refractivity contribution in [1.82, 2.24) is 0 Å². The van der Waals surface area contributed by atoms with Crippen molar-refractivity contribution in [2.75, 3.05) is 6.61 Å². The fourth-order valence-electron chi connectivity index (χ4n) is 1.90. The summed E-state index contributed by atoms with van der Waals surface area (Å²) in [7, 11) is 0. The smallest absolute Gasteiger partial charge is 0.0462 e. The van der Waals surface area contributed by atoms with E-state index in [4.69, 9.17) is 0 Å². The fraction of sp³-hybridized carbons (Fsp3) is 0.692. The molecule has 0 saturated heterocycles. The first-order chi connectivity index (χ1) is 7.15. The molecule has 1 aromatic heterocycles. The Bertz CT molecular complexity index is 278. The SMILES string of the molecule is CCc1ccc(CC(CO)CC(C)C)s1. The van der Waals surface area contributed by atoms with Crippen LogP contribution in [0.3, 0.4) is 0 Å². The van der Waals surface area contributed by atoms with Crippen LogP contribution < -0.4 is 0 Å². The predicted molar refractivity (Wildman–Crippen MR) is 67.4 cm³/mol. The van der Waals surface area contributed by atoms with Gasteiger partial charge in [-0.25, -0.2) is 0 Å². The predicted octanol–water partition coefficient (Wildman–Crippen LogP) is 3.51. The van der Waals surface area contributed by atoms with Crippen LogP contribution in [0.2, 0.25) is 0 Å². The quantitative estimate of drug-likeness (QED) is 0.787. The molecule has 0 bridgehead atoms. The molecule has 0 aromatic carbocycles. The van der Waals surface area contributed by atoms with Crippen LogP contribution in [0.1, 0.15) is 36.9 Å². The van der Waals surface area contributed by atoms with Crippen LogP contribution in [0, 0.1) is 11.8 Å². The van der Waals surface area contributed by atoms with E-state index < -0.39 is 0 Å². The van der Waals surface area contributed by atoms with E-state index in [1.807, 2.05) is 11.3 Å². The average Bonchev–Trinajstić information content (AvgIpc) is 2.64. The lowest BCUT2D eigenvalue weighted by Crippen LogP contribution is -2.11. The Morgan fingerprint density at radius 3 is 2.40 bits per heavy atom. The second-order valence-electron chi connectivity index (χ2n) is 4.60. The normalized spacial score (nSPS) is 13.4. The van der Waals surface area contributed by atoms with Gasteiger partial charge in [-0.2, -0.15) is 0 Å². The lowest BCUT2D eigenvalue weighted by atomic mass is 9.94. The van der Waals surface area contributed by atoms with Gasteiger partial charge in [-0.1, -0.05) is 20.8 Å². The molecule has 0 spiro atoms. The molecule has 0 aliphatic heterocycles. The zero-order chi connectivity index (χ0) is 11.3. The number of rotatable bonds is 6. The summed E-state index contributed by atoms with van der Waals surface area (Å²) < 4.78 is 0. The Morgan fingerprint density at radius 2 is 1.93 bits per heavy atom. The van der Waals surface area contributed by atoms with Gasteiger partial charge in [0, 0.05) is 16.4 Å². The zero-order valence-electron chi connectivity index (χ0n) is 9.99. The molecule has 1 unspecified atom stereocenters. The van der Waals surface area contributed by atoms with E-state index in [-0.39, 0.29) is 0 Å². The summed E-state index contributed by atoms with van der Waals surface area (Å²) in [6.07, 6.45) is 3.29. The number of aliphatic hydroxyl groups excluding tert-OH is 1. The highest BCUT2D eigenvalue weighted by Gasteiger charge is 2.11. The number of hydrogen-bond acceptors (Lipinski definition) is 2. The Balaban J connectivity index is 2.50. The Labute approximate surface area is 97.2 Å². The molecule has 1 nitrogen and oxygen atoms in total. The molecule has 2 heteroatoms. The van der Waals surface area contributed by atoms with Gasteiger partial charge in [-0.15, -0.1) is 11.3 Å². The highest BCUT2D eigenvalue weighted by Crippen LogP contribution is 2.23. The average molecular weight is 226 g/mol. The molecule has 15 heavy (non-hydrogen) atoms. The monoisotopic (exact) mass is 226 g/mol. The minimum atomic E-state index is 0.317. The van der Waals surface area contributed by atoms with Gasteiger partial charge in [-0.3, -0.25) is 0 Å². The van der Waals surface area contributed by atoms with E-state index >= 15 is 0 Å². The molecule has 0 amide bonds. The van der Waals surface area contributed by atoms with Gasteiger partial charge in [0.15, 0.2) is 0 Å². The minimum absolute atomic E-state index is 0.317. The van der Waals surface area contributed by atoms with Crippen LogP contribution in [0.4, 0.5) is 0 Å². The van der Waals surface area contributed by atoms with Crippen LogP contribution in [0.15, 0.2) is 12.1 Å². The Morgan fingerprint density at radius 1 is 1.27 bits per heavy atom. The first kappa shape index (κ1) is 12.7. The summed E-state index contributed by atoms with van der Waals surface area (Å²) in [6, 6.07) is 4.43. The van der Waals surface area contributed by atoms with Crippen molar-refractivity contribution in [2.45, 2.75) is 40.0 Å². The van der Waals surface area contributed by atoms with Crippen molar-refractivity contribution in [3.8, 4) is 0 Å². The van der Waals surface area contributed by atoms with E-state index in [1.54, 1.807) is 0 Å². The second-order valence-corrected chi connectivity index (χ2v) is 5.86. The van der Waals surface area contributed by atoms with Gasteiger partial charge in [0.05, 0.1) is 0 Å². The zero-order valence-corrected chi connectivity index (χ0v) is 10.8. The van der Waals surface area contributed by atoms with Crippen LogP contribution in [-0.4, -0.2) is 11.7 Å². The van der Waals surface area contributed by atoms with Crippen LogP contribution in [0.25, 0.3) is 0 Å². The van der Waals surface area contributed by atoms with Crippen molar-refractivity contribution in [3.05, 3.63) is 21.9 Å².